The van der Waals surface area contributed by atoms with Crippen LogP contribution in [0.4, 0.5) is 4.79 Å². The Morgan fingerprint density at radius 2 is 1.75 bits per heavy atom. The second-order valence-corrected chi connectivity index (χ2v) is 7.06. The van der Waals surface area contributed by atoms with Crippen molar-refractivity contribution >= 4 is 64.1 Å². The van der Waals surface area contributed by atoms with Crippen molar-refractivity contribution in [2.24, 2.45) is 5.92 Å². The van der Waals surface area contributed by atoms with E-state index in [9.17, 15) is 14.4 Å². The van der Waals surface area contributed by atoms with Gasteiger partial charge in [0.05, 0.1) is 0 Å². The largest absolute Gasteiger partial charge is 0 e. The van der Waals surface area contributed by atoms with Crippen LogP contribution in [0, 0.1) is 5.92 Å². The second-order valence-electron chi connectivity index (χ2n) is 6.14. The van der Waals surface area contributed by atoms with Crippen LogP contribution in [0.5, 0.6) is 0 Å². The third-order valence-electron chi connectivity index (χ3n) is 2.53. The number of alkyl carbamates (subject to hydrolysis) is 1. The molecule has 0 bridgehead atoms. The minimum atomic E-state index is -1.24. The predicted octanol–water partition coefficient (Wildman–Crippen LogP) is 0.796. The van der Waals surface area contributed by atoms with Crippen LogP contribution in [0.2, 0.25) is 0 Å². The monoisotopic (exact) mass is 572 g/mol. The van der Waals surface area contributed by atoms with E-state index in [1.807, 2.05) is 0 Å². The molecule has 24 heavy (non-hydrogen) atoms. The average molecular weight is 572 g/mol. The van der Waals surface area contributed by atoms with Gasteiger partial charge in [-0.05, 0) is 0 Å². The molecule has 0 unspecified atom stereocenters. The van der Waals surface area contributed by atoms with Gasteiger partial charge in [-0.25, -0.2) is 0 Å². The predicted molar refractivity (Wildman–Crippen MR) is 94.9 cm³/mol. The number of ether oxygens (including phenoxy) is 1. The molecule has 0 saturated heterocycles. The minimum absolute atomic E-state index is 0. The topological polar surface area (TPSA) is 114 Å². The SMILES string of the molecule is CC(C)[C@H](NC(=O)OC(C)(C)C)C(=O)N[C@@H](CO[SH-]#P)C(=O)O.[Tl]. The number of hydrogen-bond acceptors (Lipinski definition) is 6. The van der Waals surface area contributed by atoms with Crippen molar-refractivity contribution in [1.82, 2.24) is 10.6 Å². The molecule has 0 aliphatic heterocycles. The van der Waals surface area contributed by atoms with E-state index in [-0.39, 0.29) is 50.8 Å². The van der Waals surface area contributed by atoms with Crippen LogP contribution in [0.1, 0.15) is 34.6 Å². The molecule has 8 nitrogen and oxygen atoms in total. The molecule has 0 fully saturated rings. The van der Waals surface area contributed by atoms with Crippen LogP contribution < -0.4 is 10.6 Å². The van der Waals surface area contributed by atoms with Crippen molar-refractivity contribution in [2.75, 3.05) is 6.61 Å². The number of amides is 2. The first-order chi connectivity index (χ1) is 10.5. The number of carbonyl (C=O) groups excluding carboxylic acids is 2. The van der Waals surface area contributed by atoms with Gasteiger partial charge in [-0.2, -0.15) is 0 Å². The van der Waals surface area contributed by atoms with Crippen molar-refractivity contribution in [3.63, 3.8) is 0 Å². The Hall–Kier alpha value is -0.128. The minimum Gasteiger partial charge on any atom is 0 e. The molecule has 0 rings (SSSR count). The molecule has 0 aromatic rings. The zero-order valence-corrected chi connectivity index (χ0v) is 20.7. The molecule has 3 N–H and O–H groups in total. The van der Waals surface area contributed by atoms with Gasteiger partial charge in [-0.1, -0.05) is 0 Å². The van der Waals surface area contributed by atoms with E-state index < -0.39 is 35.7 Å². The molecule has 0 aromatic heterocycles. The van der Waals surface area contributed by atoms with E-state index in [0.29, 0.717) is 0 Å². The van der Waals surface area contributed by atoms with Crippen molar-refractivity contribution in [3.8, 4) is 0 Å². The Kier molecular flexibility index (Phi) is 13.3. The van der Waals surface area contributed by atoms with Gasteiger partial charge in [-0.3, -0.25) is 0 Å². The molecular weight excluding hydrogens is 548 g/mol. The zero-order valence-electron chi connectivity index (χ0n) is 14.4. The summed E-state index contributed by atoms with van der Waals surface area (Å²) in [4.78, 5) is 35.2. The van der Waals surface area contributed by atoms with E-state index in [4.69, 9.17) is 14.0 Å². The number of carboxylic acid groups (broad SMARTS) is 1. The van der Waals surface area contributed by atoms with E-state index in [2.05, 4.69) is 18.4 Å². The molecule has 1 radical (unpaired) electrons. The molecule has 0 aliphatic rings. The van der Waals surface area contributed by atoms with Crippen LogP contribution >= 0.6 is 7.81 Å². The number of carbonyl (C=O) groups is 3. The average Bonchev–Trinajstić information content (AvgIpc) is 2.37. The van der Waals surface area contributed by atoms with Gasteiger partial charge in [0.15, 0.2) is 0 Å². The fourth-order valence-electron chi connectivity index (χ4n) is 1.51. The fraction of sp³-hybridized carbons (Fsp3) is 0.769. The summed E-state index contributed by atoms with van der Waals surface area (Å²) in [6.45, 7) is 8.31. The summed E-state index contributed by atoms with van der Waals surface area (Å²) in [7, 11) is 3.78. The van der Waals surface area contributed by atoms with Gasteiger partial charge in [0.1, 0.15) is 0 Å². The third-order valence-corrected chi connectivity index (χ3v) is 3.15. The summed E-state index contributed by atoms with van der Waals surface area (Å²) < 4.78 is 9.98. The van der Waals surface area contributed by atoms with E-state index in [1.54, 1.807) is 34.6 Å². The van der Waals surface area contributed by atoms with E-state index >= 15 is 0 Å². The van der Waals surface area contributed by atoms with Crippen LogP contribution in [-0.2, 0) is 29.5 Å². The quantitative estimate of drug-likeness (QED) is 0.180. The molecule has 2 amide bonds. The Morgan fingerprint density at radius 3 is 2.12 bits per heavy atom. The molecule has 0 aliphatic carbocycles. The van der Waals surface area contributed by atoms with E-state index in [0.717, 1.165) is 0 Å². The normalized spacial score (nSPS) is 13.4. The molecule has 0 saturated carbocycles. The first kappa shape index (κ1) is 26.1. The molecule has 0 spiro atoms. The van der Waals surface area contributed by atoms with Gasteiger partial charge < -0.3 is 0 Å². The Morgan fingerprint density at radius 1 is 1.21 bits per heavy atom. The van der Waals surface area contributed by atoms with Crippen molar-refractivity contribution < 1.29 is 28.4 Å². The van der Waals surface area contributed by atoms with E-state index in [1.165, 1.54) is 0 Å². The van der Waals surface area contributed by atoms with Gasteiger partial charge in [0, 0.05) is 27.3 Å². The number of nitrogens with one attached hydrogen (secondary N) is 2. The maximum atomic E-state index is 12.2. The maximum Gasteiger partial charge on any atom is 0 e. The van der Waals surface area contributed by atoms with Crippen molar-refractivity contribution in [1.29, 1.82) is 0 Å². The molecule has 137 valence electrons. The number of carboxylic acids is 1. The van der Waals surface area contributed by atoms with Crippen molar-refractivity contribution in [2.45, 2.75) is 52.3 Å². The molecule has 11 heteroatoms. The first-order valence-corrected chi connectivity index (χ1v) is 8.93. The Labute approximate surface area is 167 Å². The number of hydrogen-bond donors (Lipinski definition) is 3. The van der Waals surface area contributed by atoms with Gasteiger partial charge in [0.25, 0.3) is 0 Å². The smallest absolute Gasteiger partial charge is 0 e. The van der Waals surface area contributed by atoms with Gasteiger partial charge >= 0.3 is 141 Å². The first-order valence-electron chi connectivity index (χ1n) is 6.97. The van der Waals surface area contributed by atoms with Gasteiger partial charge in [0.2, 0.25) is 0 Å². The maximum absolute atomic E-state index is 12.2. The second kappa shape index (κ2) is 12.3. The summed E-state index contributed by atoms with van der Waals surface area (Å²) in [5, 5.41) is 13.8. The summed E-state index contributed by atoms with van der Waals surface area (Å²) in [5.41, 5.74) is -0.703. The summed E-state index contributed by atoms with van der Waals surface area (Å²) in [5.74, 6) is -2.13. The summed E-state index contributed by atoms with van der Waals surface area (Å²) >= 11 is 0.253. The van der Waals surface area contributed by atoms with Crippen LogP contribution in [0.15, 0.2) is 0 Å². The number of aliphatic carboxylic acids is 1. The van der Waals surface area contributed by atoms with Gasteiger partial charge in [-0.15, -0.1) is 0 Å². The van der Waals surface area contributed by atoms with Crippen LogP contribution in [0.3, 0.4) is 0 Å². The third kappa shape index (κ3) is 11.4. The standard InChI is InChI=1S/C13H24N2O6PS.Tl/c1-7(2)9(15-12(19)21-13(3,4)5)10(16)14-8(11(17)18)6-20-23-22;/h7-9,23H,6H2,1-5H3,(H,14,16)(H,15,19)(H,17,18);/q-1;/t8-,9-;/m0./s1. The Balaban J connectivity index is 0. The summed E-state index contributed by atoms with van der Waals surface area (Å²) in [6.07, 6.45) is -0.747. The number of rotatable bonds is 7. The Bertz CT molecular complexity index is 492. The molecular formula is C13H24N2O6PSTl-. The number of thiol groups is 1. The molecule has 0 heterocycles. The summed E-state index contributed by atoms with van der Waals surface area (Å²) in [6, 6.07) is -2.16. The molecule has 0 aromatic carbocycles. The zero-order chi connectivity index (χ0) is 18.2. The van der Waals surface area contributed by atoms with Crippen LogP contribution in [-0.4, -0.2) is 74.7 Å². The van der Waals surface area contributed by atoms with Crippen LogP contribution in [0.25, 0.3) is 0 Å². The fourth-order valence-corrected chi connectivity index (χ4v) is 1.93. The van der Waals surface area contributed by atoms with Crippen molar-refractivity contribution in [3.05, 3.63) is 0 Å². The molecule has 2 atom stereocenters.